The van der Waals surface area contributed by atoms with E-state index in [0.717, 1.165) is 24.3 Å². The van der Waals surface area contributed by atoms with Crippen molar-refractivity contribution >= 4 is 6.08 Å². The predicted octanol–water partition coefficient (Wildman–Crippen LogP) is 1.76. The van der Waals surface area contributed by atoms with Crippen molar-refractivity contribution < 1.29 is 4.79 Å². The fourth-order valence-electron chi connectivity index (χ4n) is 2.83. The van der Waals surface area contributed by atoms with E-state index >= 15 is 0 Å². The Bertz CT molecular complexity index is 176. The molecule has 0 heterocycles. The molecule has 2 fully saturated rings. The summed E-state index contributed by atoms with van der Waals surface area (Å²) in [6.45, 7) is 0.749. The van der Waals surface area contributed by atoms with Gasteiger partial charge in [0.2, 0.25) is 6.08 Å². The molecule has 0 saturated heterocycles. The second-order valence-electron chi connectivity index (χ2n) is 3.77. The van der Waals surface area contributed by atoms with Crippen LogP contribution in [0.15, 0.2) is 4.99 Å². The lowest BCUT2D eigenvalue weighted by Gasteiger charge is -2.09. The van der Waals surface area contributed by atoms with Crippen LogP contribution in [0.2, 0.25) is 0 Å². The van der Waals surface area contributed by atoms with Crippen molar-refractivity contribution in [1.82, 2.24) is 0 Å². The number of fused-ring (bicyclic) bond motifs is 2. The Hall–Kier alpha value is -0.620. The summed E-state index contributed by atoms with van der Waals surface area (Å²) in [6.07, 6.45) is 7.15. The summed E-state index contributed by atoms with van der Waals surface area (Å²) in [6, 6.07) is 0. The Balaban J connectivity index is 1.98. The van der Waals surface area contributed by atoms with Gasteiger partial charge in [0.05, 0.1) is 6.54 Å². The summed E-state index contributed by atoms with van der Waals surface area (Å²) in [5, 5.41) is 0. The summed E-state index contributed by atoms with van der Waals surface area (Å²) < 4.78 is 0. The first-order valence-corrected chi connectivity index (χ1v) is 4.45. The maximum atomic E-state index is 9.90. The first-order chi connectivity index (χ1) is 5.42. The van der Waals surface area contributed by atoms with Gasteiger partial charge in [-0.3, -0.25) is 0 Å². The number of isocyanates is 1. The normalized spacial score (nSPS) is 40.5. The van der Waals surface area contributed by atoms with Crippen LogP contribution in [-0.4, -0.2) is 12.6 Å². The average molecular weight is 151 g/mol. The molecule has 0 N–H and O–H groups in total. The lowest BCUT2D eigenvalue weighted by atomic mass is 9.98. The van der Waals surface area contributed by atoms with Crippen molar-refractivity contribution in [3.05, 3.63) is 0 Å². The molecule has 0 atom stereocenters. The monoisotopic (exact) mass is 151 g/mol. The number of carbonyl (C=O) groups excluding carboxylic acids is 1. The van der Waals surface area contributed by atoms with E-state index in [4.69, 9.17) is 0 Å². The molecular weight excluding hydrogens is 138 g/mol. The Morgan fingerprint density at radius 3 is 2.18 bits per heavy atom. The lowest BCUT2D eigenvalue weighted by Crippen LogP contribution is -2.09. The molecule has 0 aromatic rings. The van der Waals surface area contributed by atoms with Crippen LogP contribution < -0.4 is 0 Å². The fraction of sp³-hybridized carbons (Fsp3) is 0.889. The highest BCUT2D eigenvalue weighted by Gasteiger charge is 2.40. The molecular formula is C9H13NO. The summed E-state index contributed by atoms with van der Waals surface area (Å²) in [5.41, 5.74) is 0. The lowest BCUT2D eigenvalue weighted by molar-refractivity contribution is 0.416. The van der Waals surface area contributed by atoms with E-state index in [1.54, 1.807) is 6.08 Å². The number of aliphatic imine (C=N–C) groups is 1. The summed E-state index contributed by atoms with van der Waals surface area (Å²) in [4.78, 5) is 13.6. The highest BCUT2D eigenvalue weighted by Crippen LogP contribution is 2.49. The molecule has 2 rings (SSSR count). The molecule has 0 amide bonds. The molecule has 2 saturated carbocycles. The van der Waals surface area contributed by atoms with E-state index in [9.17, 15) is 4.79 Å². The molecule has 0 aliphatic heterocycles. The zero-order valence-electron chi connectivity index (χ0n) is 6.62. The van der Waals surface area contributed by atoms with Gasteiger partial charge in [0.15, 0.2) is 0 Å². The van der Waals surface area contributed by atoms with E-state index in [1.165, 1.54) is 25.7 Å². The van der Waals surface area contributed by atoms with E-state index in [1.807, 2.05) is 0 Å². The molecule has 0 unspecified atom stereocenters. The third-order valence-corrected chi connectivity index (χ3v) is 3.39. The number of nitrogens with zero attached hydrogens (tertiary/aromatic N) is 1. The van der Waals surface area contributed by atoms with Crippen molar-refractivity contribution in [3.63, 3.8) is 0 Å². The van der Waals surface area contributed by atoms with Crippen molar-refractivity contribution in [2.45, 2.75) is 25.7 Å². The van der Waals surface area contributed by atoms with Gasteiger partial charge >= 0.3 is 0 Å². The van der Waals surface area contributed by atoms with Crippen LogP contribution in [0.3, 0.4) is 0 Å². The van der Waals surface area contributed by atoms with Gasteiger partial charge in [0.1, 0.15) is 0 Å². The van der Waals surface area contributed by atoms with E-state index in [2.05, 4.69) is 4.99 Å². The quantitative estimate of drug-likeness (QED) is 0.436. The van der Waals surface area contributed by atoms with Crippen LogP contribution in [0, 0.1) is 17.8 Å². The Morgan fingerprint density at radius 1 is 1.18 bits per heavy atom. The molecule has 0 radical (unpaired) electrons. The van der Waals surface area contributed by atoms with Gasteiger partial charge in [-0.15, -0.1) is 0 Å². The second-order valence-corrected chi connectivity index (χ2v) is 3.77. The highest BCUT2D eigenvalue weighted by molar-refractivity contribution is 5.32. The zero-order valence-corrected chi connectivity index (χ0v) is 6.62. The SMILES string of the molecule is O=C=NCC1C2CCC1CC2. The van der Waals surface area contributed by atoms with E-state index in [0.29, 0.717) is 0 Å². The van der Waals surface area contributed by atoms with Gasteiger partial charge in [-0.1, -0.05) is 0 Å². The molecule has 2 aliphatic rings. The third kappa shape index (κ3) is 1.12. The van der Waals surface area contributed by atoms with Crippen molar-refractivity contribution in [2.75, 3.05) is 6.54 Å². The van der Waals surface area contributed by atoms with Gasteiger partial charge < -0.3 is 0 Å². The molecule has 60 valence electrons. The fourth-order valence-corrected chi connectivity index (χ4v) is 2.83. The van der Waals surface area contributed by atoms with Gasteiger partial charge in [0, 0.05) is 0 Å². The first kappa shape index (κ1) is 7.05. The Morgan fingerprint density at radius 2 is 1.73 bits per heavy atom. The van der Waals surface area contributed by atoms with E-state index < -0.39 is 0 Å². The minimum atomic E-state index is 0.733. The van der Waals surface area contributed by atoms with Crippen LogP contribution in [0.1, 0.15) is 25.7 Å². The minimum Gasteiger partial charge on any atom is -0.211 e. The highest BCUT2D eigenvalue weighted by atomic mass is 16.1. The standard InChI is InChI=1S/C9H13NO/c11-6-10-5-9-7-1-2-8(9)4-3-7/h7-9H,1-5H2. The third-order valence-electron chi connectivity index (χ3n) is 3.39. The predicted molar refractivity (Wildman–Crippen MR) is 41.9 cm³/mol. The Labute approximate surface area is 66.7 Å². The minimum absolute atomic E-state index is 0.733. The zero-order chi connectivity index (χ0) is 7.68. The summed E-state index contributed by atoms with van der Waals surface area (Å²) in [7, 11) is 0. The molecule has 0 aromatic carbocycles. The number of rotatable bonds is 2. The molecule has 2 bridgehead atoms. The van der Waals surface area contributed by atoms with Gasteiger partial charge in [-0.2, -0.15) is 0 Å². The summed E-state index contributed by atoms with van der Waals surface area (Å²) in [5.74, 6) is 2.51. The number of hydrogen-bond acceptors (Lipinski definition) is 2. The maximum absolute atomic E-state index is 9.90. The van der Waals surface area contributed by atoms with Crippen molar-refractivity contribution in [3.8, 4) is 0 Å². The van der Waals surface area contributed by atoms with Crippen molar-refractivity contribution in [1.29, 1.82) is 0 Å². The molecule has 11 heavy (non-hydrogen) atoms. The van der Waals surface area contributed by atoms with Gasteiger partial charge in [0.25, 0.3) is 0 Å². The maximum Gasteiger partial charge on any atom is 0.234 e. The van der Waals surface area contributed by atoms with Gasteiger partial charge in [-0.05, 0) is 43.4 Å². The smallest absolute Gasteiger partial charge is 0.211 e. The first-order valence-electron chi connectivity index (χ1n) is 4.45. The largest absolute Gasteiger partial charge is 0.234 e. The number of hydrogen-bond donors (Lipinski definition) is 0. The topological polar surface area (TPSA) is 29.4 Å². The molecule has 2 heteroatoms. The molecule has 0 spiro atoms. The average Bonchev–Trinajstić information content (AvgIpc) is 2.59. The molecule has 2 aliphatic carbocycles. The van der Waals surface area contributed by atoms with Crippen LogP contribution >= 0.6 is 0 Å². The Kier molecular flexibility index (Phi) is 1.79. The van der Waals surface area contributed by atoms with Crippen LogP contribution in [0.5, 0.6) is 0 Å². The molecule has 2 nitrogen and oxygen atoms in total. The summed E-state index contributed by atoms with van der Waals surface area (Å²) >= 11 is 0. The van der Waals surface area contributed by atoms with E-state index in [-0.39, 0.29) is 0 Å². The van der Waals surface area contributed by atoms with Crippen LogP contribution in [-0.2, 0) is 4.79 Å². The second kappa shape index (κ2) is 2.78. The van der Waals surface area contributed by atoms with Gasteiger partial charge in [-0.25, -0.2) is 9.79 Å². The van der Waals surface area contributed by atoms with Crippen LogP contribution in [0.25, 0.3) is 0 Å². The van der Waals surface area contributed by atoms with Crippen molar-refractivity contribution in [2.24, 2.45) is 22.7 Å². The molecule has 0 aromatic heterocycles. The van der Waals surface area contributed by atoms with Crippen LogP contribution in [0.4, 0.5) is 0 Å².